The predicted molar refractivity (Wildman–Crippen MR) is 124 cm³/mol. The lowest BCUT2D eigenvalue weighted by atomic mass is 9.94. The second-order valence-corrected chi connectivity index (χ2v) is 8.53. The summed E-state index contributed by atoms with van der Waals surface area (Å²) in [5.41, 5.74) is 2.61. The molecule has 2 aliphatic heterocycles. The SMILES string of the molecule is CCOC(=O)C1=C(C)N=C2SCCCN2[C@@H]1c1ccc(NC(=O)c2ccccc2F)cc1. The number of esters is 1. The van der Waals surface area contributed by atoms with Gasteiger partial charge in [0.15, 0.2) is 5.17 Å². The number of amidine groups is 1. The van der Waals surface area contributed by atoms with Crippen LogP contribution in [0.5, 0.6) is 0 Å². The van der Waals surface area contributed by atoms with Crippen LogP contribution in [-0.2, 0) is 9.53 Å². The number of fused-ring (bicyclic) bond motifs is 1. The van der Waals surface area contributed by atoms with Gasteiger partial charge in [-0.1, -0.05) is 36.0 Å². The van der Waals surface area contributed by atoms with E-state index >= 15 is 0 Å². The minimum absolute atomic E-state index is 0.0155. The Morgan fingerprint density at radius 2 is 1.97 bits per heavy atom. The highest BCUT2D eigenvalue weighted by Gasteiger charge is 2.37. The second kappa shape index (κ2) is 9.56. The van der Waals surface area contributed by atoms with Crippen molar-refractivity contribution >= 4 is 34.5 Å². The number of carbonyl (C=O) groups is 2. The number of anilines is 1. The van der Waals surface area contributed by atoms with Gasteiger partial charge in [-0.2, -0.15) is 0 Å². The van der Waals surface area contributed by atoms with E-state index in [1.54, 1.807) is 36.9 Å². The van der Waals surface area contributed by atoms with Gasteiger partial charge in [0.05, 0.1) is 29.5 Å². The third-order valence-corrected chi connectivity index (χ3v) is 6.43. The Hall–Kier alpha value is -3.13. The number of aliphatic imine (C=N–C) groups is 1. The summed E-state index contributed by atoms with van der Waals surface area (Å²) < 4.78 is 19.2. The number of ether oxygens (including phenoxy) is 1. The zero-order chi connectivity index (χ0) is 22.7. The van der Waals surface area contributed by atoms with Crippen LogP contribution in [0.4, 0.5) is 10.1 Å². The van der Waals surface area contributed by atoms with Crippen LogP contribution in [-0.4, -0.2) is 40.8 Å². The third kappa shape index (κ3) is 4.41. The molecule has 0 bridgehead atoms. The maximum Gasteiger partial charge on any atom is 0.338 e. The van der Waals surface area contributed by atoms with Crippen LogP contribution in [0.1, 0.15) is 42.2 Å². The summed E-state index contributed by atoms with van der Waals surface area (Å²) in [6, 6.07) is 12.8. The topological polar surface area (TPSA) is 71.0 Å². The number of rotatable bonds is 5. The minimum atomic E-state index is -0.571. The van der Waals surface area contributed by atoms with Crippen LogP contribution in [0.25, 0.3) is 0 Å². The van der Waals surface area contributed by atoms with Crippen molar-refractivity contribution in [3.05, 3.63) is 76.7 Å². The number of halogens is 1. The lowest BCUT2D eigenvalue weighted by molar-refractivity contribution is -0.139. The highest BCUT2D eigenvalue weighted by Crippen LogP contribution is 2.40. The predicted octanol–water partition coefficient (Wildman–Crippen LogP) is 4.76. The largest absolute Gasteiger partial charge is 0.463 e. The summed E-state index contributed by atoms with van der Waals surface area (Å²) in [6.07, 6.45) is 0.992. The molecule has 2 aromatic rings. The Kier molecular flexibility index (Phi) is 6.60. The molecule has 1 saturated heterocycles. The third-order valence-electron chi connectivity index (χ3n) is 5.36. The van der Waals surface area contributed by atoms with Gasteiger partial charge >= 0.3 is 5.97 Å². The Morgan fingerprint density at radius 1 is 1.22 bits per heavy atom. The van der Waals surface area contributed by atoms with Crippen molar-refractivity contribution in [2.24, 2.45) is 4.99 Å². The van der Waals surface area contributed by atoms with Crippen LogP contribution in [0.3, 0.4) is 0 Å². The first-order valence-electron chi connectivity index (χ1n) is 10.5. The zero-order valence-corrected chi connectivity index (χ0v) is 18.7. The first-order valence-corrected chi connectivity index (χ1v) is 11.5. The van der Waals surface area contributed by atoms with Crippen molar-refractivity contribution in [3.8, 4) is 0 Å². The molecule has 2 aromatic carbocycles. The summed E-state index contributed by atoms with van der Waals surface area (Å²) in [4.78, 5) is 32.0. The van der Waals surface area contributed by atoms with E-state index in [-0.39, 0.29) is 24.2 Å². The normalized spacial score (nSPS) is 18.0. The average Bonchev–Trinajstić information content (AvgIpc) is 2.79. The number of benzene rings is 2. The Morgan fingerprint density at radius 3 is 2.69 bits per heavy atom. The van der Waals surface area contributed by atoms with E-state index in [0.29, 0.717) is 17.0 Å². The highest BCUT2D eigenvalue weighted by atomic mass is 32.2. The van der Waals surface area contributed by atoms with Crippen LogP contribution >= 0.6 is 11.8 Å². The first-order chi connectivity index (χ1) is 15.5. The molecule has 6 nitrogen and oxygen atoms in total. The molecule has 0 saturated carbocycles. The standard InChI is InChI=1S/C24H24FN3O3S/c1-3-31-23(30)20-15(2)26-24-28(13-6-14-32-24)21(20)16-9-11-17(12-10-16)27-22(29)18-7-4-5-8-19(18)25/h4-5,7-12,21H,3,6,13-14H2,1-2H3,(H,27,29)/t21-/m1/s1. The van der Waals surface area contributed by atoms with Gasteiger partial charge in [-0.3, -0.25) is 4.79 Å². The fraction of sp³-hybridized carbons (Fsp3) is 0.292. The van der Waals surface area contributed by atoms with Gasteiger partial charge in [-0.25, -0.2) is 14.2 Å². The van der Waals surface area contributed by atoms with Gasteiger partial charge in [0, 0.05) is 18.0 Å². The van der Waals surface area contributed by atoms with Crippen LogP contribution in [0.15, 0.2) is 64.8 Å². The minimum Gasteiger partial charge on any atom is -0.463 e. The number of nitrogens with one attached hydrogen (secondary N) is 1. The van der Waals surface area contributed by atoms with Gasteiger partial charge in [-0.15, -0.1) is 0 Å². The smallest absolute Gasteiger partial charge is 0.338 e. The van der Waals surface area contributed by atoms with Crippen molar-refractivity contribution in [2.45, 2.75) is 26.3 Å². The van der Waals surface area contributed by atoms with Gasteiger partial charge in [0.1, 0.15) is 5.82 Å². The lowest BCUT2D eigenvalue weighted by Gasteiger charge is -2.40. The molecule has 0 spiro atoms. The maximum absolute atomic E-state index is 13.9. The summed E-state index contributed by atoms with van der Waals surface area (Å²) in [5, 5.41) is 3.63. The van der Waals surface area contributed by atoms with Crippen molar-refractivity contribution in [3.63, 3.8) is 0 Å². The Labute approximate surface area is 190 Å². The zero-order valence-electron chi connectivity index (χ0n) is 17.9. The van der Waals surface area contributed by atoms with Gasteiger partial charge < -0.3 is 15.0 Å². The van der Waals surface area contributed by atoms with Crippen LogP contribution in [0.2, 0.25) is 0 Å². The number of nitrogens with zero attached hydrogens (tertiary/aromatic N) is 2. The van der Waals surface area contributed by atoms with E-state index in [1.165, 1.54) is 18.2 Å². The first kappa shape index (κ1) is 22.1. The monoisotopic (exact) mass is 453 g/mol. The Balaban J connectivity index is 1.62. The number of carbonyl (C=O) groups excluding carboxylic acids is 2. The molecule has 166 valence electrons. The number of hydrogen-bond acceptors (Lipinski definition) is 6. The summed E-state index contributed by atoms with van der Waals surface area (Å²) in [7, 11) is 0. The summed E-state index contributed by atoms with van der Waals surface area (Å²) in [5.74, 6) is -0.466. The number of hydrogen-bond donors (Lipinski definition) is 1. The molecule has 32 heavy (non-hydrogen) atoms. The number of thioether (sulfide) groups is 1. The van der Waals surface area contributed by atoms with Crippen molar-refractivity contribution in [1.82, 2.24) is 4.90 Å². The van der Waals surface area contributed by atoms with E-state index in [1.807, 2.05) is 19.1 Å². The van der Waals surface area contributed by atoms with Gasteiger partial charge in [0.25, 0.3) is 5.91 Å². The van der Waals surface area contributed by atoms with Gasteiger partial charge in [0.2, 0.25) is 0 Å². The molecule has 1 N–H and O–H groups in total. The molecule has 1 atom stereocenters. The van der Waals surface area contributed by atoms with Crippen molar-refractivity contribution in [1.29, 1.82) is 0 Å². The van der Waals surface area contributed by atoms with Gasteiger partial charge in [-0.05, 0) is 50.1 Å². The summed E-state index contributed by atoms with van der Waals surface area (Å²) in [6.45, 7) is 4.69. The average molecular weight is 454 g/mol. The maximum atomic E-state index is 13.9. The highest BCUT2D eigenvalue weighted by molar-refractivity contribution is 8.13. The fourth-order valence-corrected chi connectivity index (χ4v) is 4.90. The van der Waals surface area contributed by atoms with E-state index < -0.39 is 11.7 Å². The van der Waals surface area contributed by atoms with E-state index in [2.05, 4.69) is 15.2 Å². The van der Waals surface area contributed by atoms with Crippen LogP contribution < -0.4 is 5.32 Å². The molecule has 0 unspecified atom stereocenters. The van der Waals surface area contributed by atoms with E-state index in [0.717, 1.165) is 29.4 Å². The molecule has 0 aromatic heterocycles. The molecule has 2 aliphatic rings. The second-order valence-electron chi connectivity index (χ2n) is 7.47. The molecule has 8 heteroatoms. The van der Waals surface area contributed by atoms with E-state index in [4.69, 9.17) is 4.74 Å². The fourth-order valence-electron chi connectivity index (χ4n) is 3.88. The molecule has 0 radical (unpaired) electrons. The van der Waals surface area contributed by atoms with Crippen LogP contribution in [0, 0.1) is 5.82 Å². The quantitative estimate of drug-likeness (QED) is 0.661. The lowest BCUT2D eigenvalue weighted by Crippen LogP contribution is -2.42. The van der Waals surface area contributed by atoms with Crippen molar-refractivity contribution < 1.29 is 18.7 Å². The molecule has 1 amide bonds. The molecule has 1 fully saturated rings. The molecule has 0 aliphatic carbocycles. The molecule has 2 heterocycles. The number of allylic oxidation sites excluding steroid dienone is 1. The Bertz CT molecular complexity index is 1100. The van der Waals surface area contributed by atoms with E-state index in [9.17, 15) is 14.0 Å². The number of amides is 1. The molecule has 4 rings (SSSR count). The summed E-state index contributed by atoms with van der Waals surface area (Å²) >= 11 is 1.68. The molecular formula is C24H24FN3O3S. The molecular weight excluding hydrogens is 429 g/mol. The van der Waals surface area contributed by atoms with Crippen molar-refractivity contribution in [2.75, 3.05) is 24.2 Å².